The Morgan fingerprint density at radius 3 is 2.70 bits per heavy atom. The monoisotopic (exact) mass is 330 g/mol. The van der Waals surface area contributed by atoms with E-state index < -0.39 is 0 Å². The first kappa shape index (κ1) is 17.5. The van der Waals surface area contributed by atoms with Crippen LogP contribution in [0.3, 0.4) is 0 Å². The summed E-state index contributed by atoms with van der Waals surface area (Å²) in [7, 11) is 0. The Kier molecular flexibility index (Phi) is 6.20. The zero-order valence-corrected chi connectivity index (χ0v) is 14.0. The molecule has 23 heavy (non-hydrogen) atoms. The topological polar surface area (TPSA) is 55.1 Å². The zero-order chi connectivity index (χ0) is 15.4. The van der Waals surface area contributed by atoms with Gasteiger partial charge in [0.1, 0.15) is 0 Å². The lowest BCUT2D eigenvalue weighted by Gasteiger charge is -2.06. The van der Waals surface area contributed by atoms with Crippen molar-refractivity contribution in [3.05, 3.63) is 59.2 Å². The summed E-state index contributed by atoms with van der Waals surface area (Å²) in [5, 5.41) is 2.81. The molecule has 0 aromatic heterocycles. The summed E-state index contributed by atoms with van der Waals surface area (Å²) in [6.45, 7) is 1.06. The lowest BCUT2D eigenvalue weighted by molar-refractivity contribution is -0.121. The molecule has 0 saturated heterocycles. The number of rotatable bonds is 6. The Bertz CT molecular complexity index is 685. The molecule has 3 rings (SSSR count). The Morgan fingerprint density at radius 1 is 1.09 bits per heavy atom. The van der Waals surface area contributed by atoms with E-state index in [4.69, 9.17) is 5.73 Å². The van der Waals surface area contributed by atoms with E-state index in [9.17, 15) is 4.79 Å². The molecule has 2 aromatic rings. The molecule has 0 spiro atoms. The Hall–Kier alpha value is -1.84. The van der Waals surface area contributed by atoms with Gasteiger partial charge >= 0.3 is 0 Å². The largest absolute Gasteiger partial charge is 0.355 e. The highest BCUT2D eigenvalue weighted by atomic mass is 35.5. The fourth-order valence-corrected chi connectivity index (χ4v) is 3.08. The first-order valence-electron chi connectivity index (χ1n) is 7.95. The van der Waals surface area contributed by atoms with Crippen LogP contribution < -0.4 is 11.1 Å². The molecule has 0 aliphatic heterocycles. The second-order valence-electron chi connectivity index (χ2n) is 5.82. The lowest BCUT2D eigenvalue weighted by atomic mass is 10.00. The van der Waals surface area contributed by atoms with Crippen LogP contribution in [0.25, 0.3) is 11.1 Å². The molecule has 1 aliphatic rings. The molecule has 0 heterocycles. The number of carbonyl (C=O) groups excluding carboxylic acids is 1. The van der Waals surface area contributed by atoms with E-state index in [1.165, 1.54) is 27.8 Å². The third-order valence-electron chi connectivity index (χ3n) is 4.20. The summed E-state index contributed by atoms with van der Waals surface area (Å²) in [5.41, 5.74) is 12.2. The average molecular weight is 331 g/mol. The van der Waals surface area contributed by atoms with Crippen molar-refractivity contribution in [2.45, 2.75) is 25.7 Å². The lowest BCUT2D eigenvalue weighted by Crippen LogP contribution is -2.28. The van der Waals surface area contributed by atoms with Crippen LogP contribution in [-0.4, -0.2) is 19.0 Å². The van der Waals surface area contributed by atoms with Crippen molar-refractivity contribution in [2.24, 2.45) is 5.73 Å². The number of carbonyl (C=O) groups is 1. The summed E-state index contributed by atoms with van der Waals surface area (Å²) in [4.78, 5) is 11.6. The number of benzene rings is 2. The molecule has 3 nitrogen and oxygen atoms in total. The van der Waals surface area contributed by atoms with Crippen LogP contribution in [0.1, 0.15) is 29.5 Å². The first-order valence-corrected chi connectivity index (χ1v) is 7.95. The molecule has 0 atom stereocenters. The number of hydrogen-bond acceptors (Lipinski definition) is 2. The molecule has 3 N–H and O–H groups in total. The predicted octanol–water partition coefficient (Wildman–Crippen LogP) is 3.08. The number of nitrogens with two attached hydrogens (primary N) is 1. The second-order valence-corrected chi connectivity index (χ2v) is 5.82. The van der Waals surface area contributed by atoms with Crippen molar-refractivity contribution in [3.8, 4) is 11.1 Å². The van der Waals surface area contributed by atoms with Gasteiger partial charge in [0.25, 0.3) is 0 Å². The molecule has 1 aliphatic carbocycles. The van der Waals surface area contributed by atoms with Crippen LogP contribution >= 0.6 is 12.4 Å². The van der Waals surface area contributed by atoms with Crippen LogP contribution in [0.5, 0.6) is 0 Å². The third-order valence-corrected chi connectivity index (χ3v) is 4.20. The van der Waals surface area contributed by atoms with E-state index in [2.05, 4.69) is 47.8 Å². The van der Waals surface area contributed by atoms with Gasteiger partial charge in [-0.25, -0.2) is 0 Å². The Morgan fingerprint density at radius 2 is 1.87 bits per heavy atom. The number of aryl methyl sites for hydroxylation is 1. The van der Waals surface area contributed by atoms with Crippen LogP contribution in [-0.2, 0) is 17.6 Å². The SMILES string of the molecule is Cl.NCCNC(=O)CCCc1ccc2c(c1)-c1ccccc1C2. The number of fused-ring (bicyclic) bond motifs is 3. The average Bonchev–Trinajstić information content (AvgIpc) is 2.91. The minimum absolute atomic E-state index is 0. The summed E-state index contributed by atoms with van der Waals surface area (Å²) >= 11 is 0. The van der Waals surface area contributed by atoms with Gasteiger partial charge in [0.15, 0.2) is 0 Å². The van der Waals surface area contributed by atoms with Gasteiger partial charge in [-0.1, -0.05) is 42.5 Å². The van der Waals surface area contributed by atoms with Gasteiger partial charge in [0, 0.05) is 19.5 Å². The van der Waals surface area contributed by atoms with Gasteiger partial charge in [-0.3, -0.25) is 4.79 Å². The first-order chi connectivity index (χ1) is 10.8. The summed E-state index contributed by atoms with van der Waals surface area (Å²) in [6.07, 6.45) is 3.41. The van der Waals surface area contributed by atoms with Gasteiger partial charge in [-0.05, 0) is 47.1 Å². The number of amides is 1. The van der Waals surface area contributed by atoms with E-state index in [-0.39, 0.29) is 18.3 Å². The van der Waals surface area contributed by atoms with Crippen molar-refractivity contribution in [1.29, 1.82) is 0 Å². The second kappa shape index (κ2) is 8.14. The predicted molar refractivity (Wildman–Crippen MR) is 96.9 cm³/mol. The van der Waals surface area contributed by atoms with Gasteiger partial charge < -0.3 is 11.1 Å². The van der Waals surface area contributed by atoms with Gasteiger partial charge in [0.2, 0.25) is 5.91 Å². The van der Waals surface area contributed by atoms with Crippen LogP contribution in [0.2, 0.25) is 0 Å². The molecule has 0 fully saturated rings. The van der Waals surface area contributed by atoms with Crippen molar-refractivity contribution < 1.29 is 4.79 Å². The summed E-state index contributed by atoms with van der Waals surface area (Å²) in [6, 6.07) is 15.3. The quantitative estimate of drug-likeness (QED) is 0.729. The van der Waals surface area contributed by atoms with Crippen molar-refractivity contribution in [3.63, 3.8) is 0 Å². The van der Waals surface area contributed by atoms with Crippen LogP contribution in [0, 0.1) is 0 Å². The van der Waals surface area contributed by atoms with Gasteiger partial charge in [-0.15, -0.1) is 12.4 Å². The molecular formula is C19H23ClN2O. The van der Waals surface area contributed by atoms with Gasteiger partial charge in [-0.2, -0.15) is 0 Å². The van der Waals surface area contributed by atoms with Crippen molar-refractivity contribution in [1.82, 2.24) is 5.32 Å². The molecule has 4 heteroatoms. The van der Waals surface area contributed by atoms with Crippen molar-refractivity contribution >= 4 is 18.3 Å². The standard InChI is InChI=1S/C19H22N2O.ClH/c20-10-11-21-19(22)7-3-4-14-8-9-16-13-15-5-1-2-6-17(15)18(16)12-14;/h1-2,5-6,8-9,12H,3-4,7,10-11,13,20H2,(H,21,22);1H. The highest BCUT2D eigenvalue weighted by Gasteiger charge is 2.17. The highest BCUT2D eigenvalue weighted by molar-refractivity contribution is 5.85. The van der Waals surface area contributed by atoms with Crippen LogP contribution in [0.15, 0.2) is 42.5 Å². The number of halogens is 1. The van der Waals surface area contributed by atoms with Crippen LogP contribution in [0.4, 0.5) is 0 Å². The summed E-state index contributed by atoms with van der Waals surface area (Å²) < 4.78 is 0. The fourth-order valence-electron chi connectivity index (χ4n) is 3.08. The summed E-state index contributed by atoms with van der Waals surface area (Å²) in [5.74, 6) is 0.0944. The zero-order valence-electron chi connectivity index (χ0n) is 13.2. The maximum absolute atomic E-state index is 11.6. The number of nitrogens with one attached hydrogen (secondary N) is 1. The maximum Gasteiger partial charge on any atom is 0.220 e. The van der Waals surface area contributed by atoms with E-state index in [1.54, 1.807) is 0 Å². The number of hydrogen-bond donors (Lipinski definition) is 2. The molecule has 0 bridgehead atoms. The smallest absolute Gasteiger partial charge is 0.220 e. The molecule has 0 radical (unpaired) electrons. The maximum atomic E-state index is 11.6. The van der Waals surface area contributed by atoms with E-state index in [0.717, 1.165) is 19.3 Å². The Labute approximate surface area is 143 Å². The van der Waals surface area contributed by atoms with E-state index >= 15 is 0 Å². The minimum atomic E-state index is 0. The molecule has 2 aromatic carbocycles. The van der Waals surface area contributed by atoms with Gasteiger partial charge in [0.05, 0.1) is 0 Å². The van der Waals surface area contributed by atoms with E-state index in [1.807, 2.05) is 0 Å². The molecule has 122 valence electrons. The molecule has 0 saturated carbocycles. The minimum Gasteiger partial charge on any atom is -0.355 e. The fraction of sp³-hybridized carbons (Fsp3) is 0.316. The molecule has 1 amide bonds. The highest BCUT2D eigenvalue weighted by Crippen LogP contribution is 2.36. The normalized spacial score (nSPS) is 11.3. The van der Waals surface area contributed by atoms with E-state index in [0.29, 0.717) is 19.5 Å². The van der Waals surface area contributed by atoms with Crippen molar-refractivity contribution in [2.75, 3.05) is 13.1 Å². The molecule has 0 unspecified atom stereocenters. The Balaban J connectivity index is 0.00000192. The third kappa shape index (κ3) is 4.12. The molecular weight excluding hydrogens is 308 g/mol.